The molecule has 0 bridgehead atoms. The molecule has 2 N–H and O–H groups in total. The number of fused-ring (bicyclic) bond motifs is 2. The highest BCUT2D eigenvalue weighted by molar-refractivity contribution is 9.10. The van der Waals surface area contributed by atoms with E-state index in [1.54, 1.807) is 54.6 Å². The van der Waals surface area contributed by atoms with E-state index >= 15 is 0 Å². The Hall–Kier alpha value is -4.05. The quantitative estimate of drug-likeness (QED) is 0.202. The molecule has 0 radical (unpaired) electrons. The van der Waals surface area contributed by atoms with Crippen LogP contribution in [0.5, 0.6) is 17.2 Å². The highest BCUT2D eigenvalue weighted by Crippen LogP contribution is 2.59. The van der Waals surface area contributed by atoms with Gasteiger partial charge in [0.05, 0.1) is 25.8 Å². The van der Waals surface area contributed by atoms with Crippen LogP contribution in [0.2, 0.25) is 10.0 Å². The van der Waals surface area contributed by atoms with E-state index in [1.165, 1.54) is 20.3 Å². The third-order valence-corrected chi connectivity index (χ3v) is 9.05. The number of amides is 2. The number of piperidine rings is 1. The summed E-state index contributed by atoms with van der Waals surface area (Å²) in [4.78, 5) is 40.0. The van der Waals surface area contributed by atoms with Crippen LogP contribution < -0.4 is 20.1 Å². The van der Waals surface area contributed by atoms with Crippen LogP contribution >= 0.6 is 39.1 Å². The summed E-state index contributed by atoms with van der Waals surface area (Å²) in [5.74, 6) is -0.688. The molecule has 1 fully saturated rings. The SMILES string of the molecule is COC(=O)c1ccc(Oc2ccc(Br)cc2[C@H]2NC(=O)C[C@@H](c3cccc(Cl)c3)[C@]23C(=O)Nc2cc(Cl)ccc23)c(OC)c1. The van der Waals surface area contributed by atoms with Crippen LogP contribution in [0.1, 0.15) is 45.4 Å². The predicted octanol–water partition coefficient (Wildman–Crippen LogP) is 7.58. The van der Waals surface area contributed by atoms with Gasteiger partial charge >= 0.3 is 5.97 Å². The molecule has 2 heterocycles. The summed E-state index contributed by atoms with van der Waals surface area (Å²) >= 11 is 16.3. The molecule has 2 aliphatic rings. The Morgan fingerprint density at radius 1 is 0.909 bits per heavy atom. The second-order valence-electron chi connectivity index (χ2n) is 10.5. The number of esters is 1. The number of halogens is 3. The fourth-order valence-corrected chi connectivity index (χ4v) is 6.97. The van der Waals surface area contributed by atoms with Crippen molar-refractivity contribution in [3.05, 3.63) is 116 Å². The Balaban J connectivity index is 1.56. The van der Waals surface area contributed by atoms with Crippen molar-refractivity contribution in [3.63, 3.8) is 0 Å². The molecule has 6 rings (SSSR count). The van der Waals surface area contributed by atoms with Crippen molar-refractivity contribution in [1.82, 2.24) is 5.32 Å². The molecule has 11 heteroatoms. The van der Waals surface area contributed by atoms with Crippen LogP contribution in [-0.4, -0.2) is 32.0 Å². The zero-order valence-electron chi connectivity index (χ0n) is 23.5. The van der Waals surface area contributed by atoms with Crippen molar-refractivity contribution in [2.75, 3.05) is 19.5 Å². The van der Waals surface area contributed by atoms with Crippen LogP contribution in [0.25, 0.3) is 0 Å². The van der Waals surface area contributed by atoms with Gasteiger partial charge in [-0.2, -0.15) is 0 Å². The summed E-state index contributed by atoms with van der Waals surface area (Å²) in [5.41, 5.74) is 1.51. The molecule has 3 atom stereocenters. The van der Waals surface area contributed by atoms with Gasteiger partial charge in [-0.25, -0.2) is 4.79 Å². The van der Waals surface area contributed by atoms with Crippen molar-refractivity contribution >= 4 is 62.6 Å². The van der Waals surface area contributed by atoms with Gasteiger partial charge in [0, 0.05) is 38.1 Å². The van der Waals surface area contributed by atoms with Gasteiger partial charge in [0.15, 0.2) is 11.5 Å². The van der Waals surface area contributed by atoms with Gasteiger partial charge in [-0.3, -0.25) is 9.59 Å². The lowest BCUT2D eigenvalue weighted by Gasteiger charge is -2.46. The molecule has 0 saturated carbocycles. The Morgan fingerprint density at radius 2 is 1.68 bits per heavy atom. The van der Waals surface area contributed by atoms with Gasteiger partial charge in [-0.05, 0) is 71.8 Å². The Bertz CT molecular complexity index is 1830. The summed E-state index contributed by atoms with van der Waals surface area (Å²) in [5, 5.41) is 7.10. The number of hydrogen-bond acceptors (Lipinski definition) is 6. The maximum Gasteiger partial charge on any atom is 0.337 e. The molecular weight excluding hydrogens is 671 g/mol. The summed E-state index contributed by atoms with van der Waals surface area (Å²) in [6.45, 7) is 0. The molecule has 4 aromatic rings. The van der Waals surface area contributed by atoms with Crippen LogP contribution in [0, 0.1) is 0 Å². The van der Waals surface area contributed by atoms with Crippen molar-refractivity contribution in [1.29, 1.82) is 0 Å². The number of rotatable bonds is 6. The zero-order valence-corrected chi connectivity index (χ0v) is 26.5. The fraction of sp³-hybridized carbons (Fsp3) is 0.182. The van der Waals surface area contributed by atoms with Crippen LogP contribution in [0.15, 0.2) is 83.3 Å². The van der Waals surface area contributed by atoms with E-state index in [4.69, 9.17) is 37.4 Å². The van der Waals surface area contributed by atoms with Crippen molar-refractivity contribution in [2.45, 2.75) is 23.8 Å². The Morgan fingerprint density at radius 3 is 2.43 bits per heavy atom. The van der Waals surface area contributed by atoms with Gasteiger partial charge in [0.25, 0.3) is 0 Å². The molecule has 8 nitrogen and oxygen atoms in total. The lowest BCUT2D eigenvalue weighted by atomic mass is 9.59. The number of methoxy groups -OCH3 is 2. The third kappa shape index (κ3) is 5.08. The first-order chi connectivity index (χ1) is 21.1. The molecule has 4 aromatic carbocycles. The average molecular weight is 696 g/mol. The third-order valence-electron chi connectivity index (χ3n) is 8.09. The molecule has 224 valence electrons. The number of carbonyl (C=O) groups excluding carboxylic acids is 3. The van der Waals surface area contributed by atoms with Gasteiger partial charge in [-0.1, -0.05) is 57.3 Å². The molecule has 0 unspecified atom stereocenters. The first kappa shape index (κ1) is 30.0. The fourth-order valence-electron chi connectivity index (χ4n) is 6.22. The first-order valence-electron chi connectivity index (χ1n) is 13.6. The highest BCUT2D eigenvalue weighted by atomic mass is 79.9. The smallest absolute Gasteiger partial charge is 0.337 e. The van der Waals surface area contributed by atoms with E-state index in [1.807, 2.05) is 18.2 Å². The number of nitrogens with one attached hydrogen (secondary N) is 2. The number of hydrogen-bond donors (Lipinski definition) is 2. The summed E-state index contributed by atoms with van der Waals surface area (Å²) in [6, 6.07) is 21.6. The summed E-state index contributed by atoms with van der Waals surface area (Å²) in [6.07, 6.45) is 0.0410. The Kier molecular flexibility index (Phi) is 8.04. The largest absolute Gasteiger partial charge is 0.493 e. The van der Waals surface area contributed by atoms with Crippen LogP contribution in [-0.2, 0) is 19.7 Å². The molecule has 1 spiro atoms. The van der Waals surface area contributed by atoms with E-state index in [-0.39, 0.29) is 23.8 Å². The highest BCUT2D eigenvalue weighted by Gasteiger charge is 2.61. The monoisotopic (exact) mass is 694 g/mol. The molecule has 2 aliphatic heterocycles. The van der Waals surface area contributed by atoms with E-state index in [2.05, 4.69) is 26.6 Å². The Labute approximate surface area is 271 Å². The zero-order chi connectivity index (χ0) is 31.2. The lowest BCUT2D eigenvalue weighted by Crippen LogP contribution is -2.56. The summed E-state index contributed by atoms with van der Waals surface area (Å²) in [7, 11) is 2.76. The maximum absolute atomic E-state index is 14.4. The molecular formula is C33H25BrCl2N2O6. The number of anilines is 1. The minimum Gasteiger partial charge on any atom is -0.493 e. The van der Waals surface area contributed by atoms with Crippen molar-refractivity contribution in [2.24, 2.45) is 0 Å². The van der Waals surface area contributed by atoms with E-state index in [0.29, 0.717) is 48.6 Å². The van der Waals surface area contributed by atoms with Gasteiger partial charge in [0.1, 0.15) is 11.2 Å². The topological polar surface area (TPSA) is 103 Å². The number of carbonyl (C=O) groups is 3. The standard InChI is InChI=1S/C33H25BrCl2N2O6/c1-42-28-13-18(31(40)43-2)6-10-27(28)44-26-11-7-19(34)14-22(26)30-33(23-9-8-21(36)15-25(23)37-32(33)41)24(16-29(39)38-30)17-4-3-5-20(35)12-17/h3-15,24,30H,16H2,1-2H3,(H,37,41)(H,38,39)/t24-,30+,33-/m0/s1. The van der Waals surface area contributed by atoms with E-state index in [0.717, 1.165) is 5.56 Å². The van der Waals surface area contributed by atoms with Gasteiger partial charge in [0.2, 0.25) is 11.8 Å². The van der Waals surface area contributed by atoms with E-state index < -0.39 is 23.3 Å². The van der Waals surface area contributed by atoms with Crippen molar-refractivity contribution in [3.8, 4) is 17.2 Å². The second-order valence-corrected chi connectivity index (χ2v) is 12.3. The van der Waals surface area contributed by atoms with Crippen molar-refractivity contribution < 1.29 is 28.6 Å². The number of ether oxygens (including phenoxy) is 3. The van der Waals surface area contributed by atoms with Gasteiger partial charge < -0.3 is 24.8 Å². The first-order valence-corrected chi connectivity index (χ1v) is 15.1. The molecule has 0 aromatic heterocycles. The van der Waals surface area contributed by atoms with Crippen LogP contribution in [0.3, 0.4) is 0 Å². The molecule has 2 amide bonds. The van der Waals surface area contributed by atoms with Gasteiger partial charge in [-0.15, -0.1) is 0 Å². The summed E-state index contributed by atoms with van der Waals surface area (Å²) < 4.78 is 17.5. The predicted molar refractivity (Wildman–Crippen MR) is 170 cm³/mol. The second kappa shape index (κ2) is 11.8. The number of benzene rings is 4. The minimum atomic E-state index is -1.31. The average Bonchev–Trinajstić information content (AvgIpc) is 3.29. The van der Waals surface area contributed by atoms with E-state index in [9.17, 15) is 14.4 Å². The molecule has 1 saturated heterocycles. The minimum absolute atomic E-state index is 0.0410. The molecule has 0 aliphatic carbocycles. The maximum atomic E-state index is 14.4. The molecule has 44 heavy (non-hydrogen) atoms. The lowest BCUT2D eigenvalue weighted by molar-refractivity contribution is -0.131. The normalized spacial score (nSPS) is 20.5. The van der Waals surface area contributed by atoms with Crippen LogP contribution in [0.4, 0.5) is 5.69 Å².